The SMILES string of the molecule is C=CCN1c2cc(C)ccc2SC1C.I. The Morgan fingerprint density at radius 2 is 2.27 bits per heavy atom. The third-order valence-corrected chi connectivity index (χ3v) is 3.68. The average molecular weight is 333 g/mol. The molecule has 0 saturated carbocycles. The first-order valence-electron chi connectivity index (χ1n) is 4.87. The van der Waals surface area contributed by atoms with Crippen molar-refractivity contribution in [2.24, 2.45) is 0 Å². The highest BCUT2D eigenvalue weighted by Gasteiger charge is 2.25. The zero-order valence-electron chi connectivity index (χ0n) is 9.06. The number of thioether (sulfide) groups is 1. The van der Waals surface area contributed by atoms with Crippen LogP contribution in [-0.4, -0.2) is 11.9 Å². The molecule has 1 aliphatic heterocycles. The third kappa shape index (κ3) is 2.50. The minimum absolute atomic E-state index is 0. The molecule has 1 atom stereocenters. The van der Waals surface area contributed by atoms with E-state index in [9.17, 15) is 0 Å². The van der Waals surface area contributed by atoms with Crippen molar-refractivity contribution in [3.63, 3.8) is 0 Å². The zero-order chi connectivity index (χ0) is 10.1. The fraction of sp³-hybridized carbons (Fsp3) is 0.333. The summed E-state index contributed by atoms with van der Waals surface area (Å²) in [5, 5.41) is 0.532. The summed E-state index contributed by atoms with van der Waals surface area (Å²) >= 11 is 1.93. The number of fused-ring (bicyclic) bond motifs is 1. The van der Waals surface area contributed by atoms with Crippen molar-refractivity contribution in [2.45, 2.75) is 24.1 Å². The predicted octanol–water partition coefficient (Wildman–Crippen LogP) is 4.06. The van der Waals surface area contributed by atoms with Gasteiger partial charge in [-0.15, -0.1) is 30.6 Å². The second-order valence-corrected chi connectivity index (χ2v) is 4.99. The molecule has 0 bridgehead atoms. The van der Waals surface area contributed by atoms with E-state index in [1.54, 1.807) is 0 Å². The second-order valence-electron chi connectivity index (χ2n) is 3.63. The molecule has 0 N–H and O–H groups in total. The van der Waals surface area contributed by atoms with Gasteiger partial charge in [0, 0.05) is 11.4 Å². The van der Waals surface area contributed by atoms with Gasteiger partial charge in [-0.1, -0.05) is 23.9 Å². The Kier molecular flexibility index (Phi) is 4.52. The van der Waals surface area contributed by atoms with E-state index >= 15 is 0 Å². The predicted molar refractivity (Wildman–Crippen MR) is 79.5 cm³/mol. The maximum Gasteiger partial charge on any atom is 0.0773 e. The Labute approximate surface area is 113 Å². The number of halogens is 1. The number of benzene rings is 1. The first kappa shape index (κ1) is 12.9. The van der Waals surface area contributed by atoms with Crippen LogP contribution in [0.5, 0.6) is 0 Å². The van der Waals surface area contributed by atoms with Gasteiger partial charge in [-0.25, -0.2) is 0 Å². The van der Waals surface area contributed by atoms with Gasteiger partial charge in [-0.3, -0.25) is 0 Å². The van der Waals surface area contributed by atoms with Crippen LogP contribution in [-0.2, 0) is 0 Å². The molecule has 1 nitrogen and oxygen atoms in total. The van der Waals surface area contributed by atoms with Crippen molar-refractivity contribution in [3.8, 4) is 0 Å². The summed E-state index contributed by atoms with van der Waals surface area (Å²) in [4.78, 5) is 3.78. The molecule has 1 heterocycles. The topological polar surface area (TPSA) is 3.24 Å². The van der Waals surface area contributed by atoms with Crippen LogP contribution >= 0.6 is 35.7 Å². The van der Waals surface area contributed by atoms with Crippen LogP contribution in [0.25, 0.3) is 0 Å². The van der Waals surface area contributed by atoms with Gasteiger partial charge in [0.25, 0.3) is 0 Å². The maximum absolute atomic E-state index is 3.80. The molecule has 1 aromatic rings. The van der Waals surface area contributed by atoms with Crippen LogP contribution in [0.3, 0.4) is 0 Å². The smallest absolute Gasteiger partial charge is 0.0773 e. The monoisotopic (exact) mass is 333 g/mol. The minimum atomic E-state index is 0. The maximum atomic E-state index is 3.80. The lowest BCUT2D eigenvalue weighted by Crippen LogP contribution is -2.26. The first-order valence-corrected chi connectivity index (χ1v) is 5.75. The number of aryl methyl sites for hydroxylation is 1. The molecule has 0 amide bonds. The molecule has 1 aliphatic rings. The minimum Gasteiger partial charge on any atom is -0.355 e. The van der Waals surface area contributed by atoms with Crippen LogP contribution in [0.2, 0.25) is 0 Å². The number of nitrogens with zero attached hydrogens (tertiary/aromatic N) is 1. The average Bonchev–Trinajstić information content (AvgIpc) is 2.45. The standard InChI is InChI=1S/C12H15NS.HI/c1-4-7-13-10(3)14-12-6-5-9(2)8-11(12)13;/h4-6,8,10H,1,7H2,2-3H3;1H. The van der Waals surface area contributed by atoms with Crippen molar-refractivity contribution >= 4 is 41.4 Å². The molecule has 0 fully saturated rings. The van der Waals surface area contributed by atoms with Crippen molar-refractivity contribution < 1.29 is 0 Å². The second kappa shape index (κ2) is 5.25. The molecule has 3 heteroatoms. The van der Waals surface area contributed by atoms with Crippen molar-refractivity contribution in [1.82, 2.24) is 0 Å². The van der Waals surface area contributed by atoms with Gasteiger partial charge in [0.05, 0.1) is 11.1 Å². The summed E-state index contributed by atoms with van der Waals surface area (Å²) < 4.78 is 0. The molecule has 0 aromatic heterocycles. The molecule has 82 valence electrons. The van der Waals surface area contributed by atoms with Crippen LogP contribution in [0, 0.1) is 6.92 Å². The summed E-state index contributed by atoms with van der Waals surface area (Å²) in [7, 11) is 0. The lowest BCUT2D eigenvalue weighted by molar-refractivity contribution is 0.868. The molecule has 0 spiro atoms. The molecule has 2 rings (SSSR count). The summed E-state index contributed by atoms with van der Waals surface area (Å²) in [6.07, 6.45) is 1.97. The van der Waals surface area contributed by atoms with E-state index in [4.69, 9.17) is 0 Å². The molecule has 0 radical (unpaired) electrons. The van der Waals surface area contributed by atoms with Crippen molar-refractivity contribution in [1.29, 1.82) is 0 Å². The van der Waals surface area contributed by atoms with E-state index in [2.05, 4.69) is 43.5 Å². The molecular weight excluding hydrogens is 317 g/mol. The van der Waals surface area contributed by atoms with E-state index < -0.39 is 0 Å². The van der Waals surface area contributed by atoms with Gasteiger partial charge in [0.15, 0.2) is 0 Å². The van der Waals surface area contributed by atoms with Gasteiger partial charge < -0.3 is 4.90 Å². The van der Waals surface area contributed by atoms with Crippen LogP contribution < -0.4 is 4.90 Å². The van der Waals surface area contributed by atoms with Crippen molar-refractivity contribution in [3.05, 3.63) is 36.4 Å². The van der Waals surface area contributed by atoms with E-state index in [0.29, 0.717) is 5.37 Å². The first-order chi connectivity index (χ1) is 6.72. The van der Waals surface area contributed by atoms with Gasteiger partial charge in [-0.05, 0) is 31.5 Å². The fourth-order valence-corrected chi connectivity index (χ4v) is 2.92. The number of anilines is 1. The Bertz CT molecular complexity index is 365. The normalized spacial score (nSPS) is 18.3. The van der Waals surface area contributed by atoms with E-state index in [1.165, 1.54) is 16.1 Å². The summed E-state index contributed by atoms with van der Waals surface area (Å²) in [5.41, 5.74) is 2.69. The fourth-order valence-electron chi connectivity index (χ4n) is 1.78. The van der Waals surface area contributed by atoms with Gasteiger partial charge in [-0.2, -0.15) is 0 Å². The van der Waals surface area contributed by atoms with Crippen LogP contribution in [0.1, 0.15) is 12.5 Å². The summed E-state index contributed by atoms with van der Waals surface area (Å²) in [6.45, 7) is 9.12. The highest BCUT2D eigenvalue weighted by molar-refractivity contribution is 14.0. The van der Waals surface area contributed by atoms with Crippen LogP contribution in [0.15, 0.2) is 35.7 Å². The largest absolute Gasteiger partial charge is 0.355 e. The molecule has 0 saturated heterocycles. The molecule has 15 heavy (non-hydrogen) atoms. The van der Waals surface area contributed by atoms with E-state index in [-0.39, 0.29) is 24.0 Å². The van der Waals surface area contributed by atoms with E-state index in [0.717, 1.165) is 6.54 Å². The zero-order valence-corrected chi connectivity index (χ0v) is 12.2. The Morgan fingerprint density at radius 1 is 1.53 bits per heavy atom. The quantitative estimate of drug-likeness (QED) is 0.593. The lowest BCUT2D eigenvalue weighted by Gasteiger charge is -2.21. The molecule has 1 unspecified atom stereocenters. The molecular formula is C12H16INS. The number of hydrogen-bond acceptors (Lipinski definition) is 2. The number of hydrogen-bond donors (Lipinski definition) is 0. The highest BCUT2D eigenvalue weighted by atomic mass is 127. The highest BCUT2D eigenvalue weighted by Crippen LogP contribution is 2.43. The Morgan fingerprint density at radius 3 is 2.93 bits per heavy atom. The van der Waals surface area contributed by atoms with Gasteiger partial charge in [0.2, 0.25) is 0 Å². The Balaban J connectivity index is 0.00000112. The summed E-state index contributed by atoms with van der Waals surface area (Å²) in [5.74, 6) is 0. The van der Waals surface area contributed by atoms with Gasteiger partial charge >= 0.3 is 0 Å². The van der Waals surface area contributed by atoms with E-state index in [1.807, 2.05) is 17.8 Å². The number of rotatable bonds is 2. The lowest BCUT2D eigenvalue weighted by atomic mass is 10.2. The third-order valence-electron chi connectivity index (χ3n) is 2.49. The molecule has 1 aromatic carbocycles. The Hall–Kier alpha value is -0.160. The summed E-state index contributed by atoms with van der Waals surface area (Å²) in [6, 6.07) is 6.65. The van der Waals surface area contributed by atoms with Crippen LogP contribution in [0.4, 0.5) is 5.69 Å². The van der Waals surface area contributed by atoms with Crippen molar-refractivity contribution in [2.75, 3.05) is 11.4 Å². The van der Waals surface area contributed by atoms with Gasteiger partial charge in [0.1, 0.15) is 0 Å². The molecule has 0 aliphatic carbocycles.